The first-order chi connectivity index (χ1) is 12.9. The van der Waals surface area contributed by atoms with Crippen molar-refractivity contribution in [3.05, 3.63) is 24.3 Å². The van der Waals surface area contributed by atoms with Gasteiger partial charge in [-0.05, 0) is 33.7 Å². The van der Waals surface area contributed by atoms with Gasteiger partial charge >= 0.3 is 88.4 Å². The van der Waals surface area contributed by atoms with Gasteiger partial charge < -0.3 is 15.2 Å². The second kappa shape index (κ2) is 12.7. The second-order valence-electron chi connectivity index (χ2n) is 6.81. The molecule has 28 heavy (non-hydrogen) atoms. The van der Waals surface area contributed by atoms with Crippen molar-refractivity contribution < 1.29 is 36.4 Å². The predicted octanol–water partition coefficient (Wildman–Crippen LogP) is 0.00180. The van der Waals surface area contributed by atoms with E-state index in [1.54, 1.807) is 6.07 Å². The van der Waals surface area contributed by atoms with Gasteiger partial charge in [0.1, 0.15) is 5.60 Å². The molecule has 1 aromatic rings. The van der Waals surface area contributed by atoms with Crippen LogP contribution < -0.4 is 15.0 Å². The Morgan fingerprint density at radius 3 is 2.36 bits per heavy atom. The van der Waals surface area contributed by atoms with Gasteiger partial charge in [-0.3, -0.25) is 4.79 Å². The van der Waals surface area contributed by atoms with Crippen LogP contribution in [0.15, 0.2) is 24.3 Å². The summed E-state index contributed by atoms with van der Waals surface area (Å²) in [5, 5.41) is 22.4. The monoisotopic (exact) mass is 464 g/mol. The zero-order chi connectivity index (χ0) is 21.8. The van der Waals surface area contributed by atoms with Crippen LogP contribution in [0.5, 0.6) is 0 Å². The molecule has 0 aliphatic carbocycles. The Labute approximate surface area is 167 Å². The normalized spacial score (nSPS) is 17.8. The molecular weight excluding hydrogens is 435 g/mol. The number of carbonyl (C=O) groups excluding carboxylic acids is 2. The Morgan fingerprint density at radius 1 is 1.39 bits per heavy atom. The molecule has 1 aliphatic heterocycles. The fourth-order valence-electron chi connectivity index (χ4n) is 1.79. The fourth-order valence-corrected chi connectivity index (χ4v) is 3.20. The first-order valence-electron chi connectivity index (χ1n) is 8.45. The topological polar surface area (TPSA) is 154 Å². The van der Waals surface area contributed by atoms with Crippen molar-refractivity contribution in [1.82, 2.24) is 5.32 Å². The zero-order valence-corrected chi connectivity index (χ0v) is 18.3. The molecule has 1 fully saturated rings. The summed E-state index contributed by atoms with van der Waals surface area (Å²) in [5.74, 6) is -0.294. The van der Waals surface area contributed by atoms with Crippen LogP contribution in [-0.2, 0) is 21.9 Å². The van der Waals surface area contributed by atoms with Gasteiger partial charge in [-0.25, -0.2) is 0 Å². The molecule has 160 valence electrons. The van der Waals surface area contributed by atoms with Crippen molar-refractivity contribution in [2.24, 2.45) is 0 Å². The van der Waals surface area contributed by atoms with Gasteiger partial charge in [-0.15, -0.1) is 0 Å². The Hall–Kier alpha value is -1.68. The Kier molecular flexibility index (Phi) is 11.9. The number of hydrogen-bond donors (Lipinski definition) is 5. The van der Waals surface area contributed by atoms with Crippen LogP contribution in [0.3, 0.4) is 0 Å². The number of hydrogen-bond acceptors (Lipinski definition) is 8. The van der Waals surface area contributed by atoms with E-state index in [1.807, 2.05) is 20.8 Å². The Bertz CT molecular complexity index is 657. The van der Waals surface area contributed by atoms with Gasteiger partial charge in [0.15, 0.2) is 0 Å². The number of rotatable bonds is 4. The van der Waals surface area contributed by atoms with Crippen LogP contribution >= 0.6 is 0 Å². The van der Waals surface area contributed by atoms with E-state index in [0.717, 1.165) is 19.5 Å². The van der Waals surface area contributed by atoms with Crippen LogP contribution in [0.2, 0.25) is 0 Å². The minimum atomic E-state index is -4.83. The molecule has 1 aromatic carbocycles. The maximum atomic E-state index is 11.3. The molecule has 0 spiro atoms. The molecule has 0 radical (unpaired) electrons. The van der Waals surface area contributed by atoms with E-state index in [9.17, 15) is 17.4 Å². The van der Waals surface area contributed by atoms with E-state index >= 15 is 0 Å². The average Bonchev–Trinajstić information content (AvgIpc) is 3.05. The Balaban J connectivity index is 0.000000462. The van der Waals surface area contributed by atoms with Crippen molar-refractivity contribution in [3.8, 4) is 0 Å². The molecule has 11 heteroatoms. The molecule has 1 aliphatic rings. The molecule has 2 atom stereocenters. The van der Waals surface area contributed by atoms with E-state index in [1.165, 1.54) is 25.1 Å². The minimum absolute atomic E-state index is 0.0399. The molecule has 2 rings (SSSR count). The van der Waals surface area contributed by atoms with Gasteiger partial charge in [0.05, 0.1) is 6.10 Å². The standard InChI is InChI=1S/C8H10AsNO5.C5H10O2.C4H9NO/c1-6(11)10-8-4-2-3-7(5-8)9(12,13)15-14;1-5(2,3)7-4-6;6-4-1-2-5-3-4/h2-5,14H,1H3,(H,10,11)(H,12,13);4H,1-3H3;4-6H,1-3H2. The average molecular weight is 464 g/mol. The van der Waals surface area contributed by atoms with Crippen molar-refractivity contribution in [2.45, 2.75) is 45.8 Å². The van der Waals surface area contributed by atoms with Crippen LogP contribution in [-0.4, -0.2) is 65.8 Å². The fraction of sp³-hybridized carbons (Fsp3) is 0.529. The van der Waals surface area contributed by atoms with E-state index < -0.39 is 14.2 Å². The van der Waals surface area contributed by atoms with Crippen molar-refractivity contribution in [3.63, 3.8) is 0 Å². The van der Waals surface area contributed by atoms with Crippen LogP contribution in [0, 0.1) is 0 Å². The molecule has 1 saturated heterocycles. The van der Waals surface area contributed by atoms with Gasteiger partial charge in [0.2, 0.25) is 0 Å². The molecule has 1 heterocycles. The first kappa shape index (κ1) is 26.3. The number of benzene rings is 1. The van der Waals surface area contributed by atoms with Crippen molar-refractivity contribution in [1.29, 1.82) is 0 Å². The smallest absolute Gasteiger partial charge is 0.293 e. The van der Waals surface area contributed by atoms with Crippen LogP contribution in [0.1, 0.15) is 34.1 Å². The largest absolute Gasteiger partial charge is 0.462 e. The van der Waals surface area contributed by atoms with Crippen molar-refractivity contribution in [2.75, 3.05) is 18.4 Å². The third-order valence-electron chi connectivity index (χ3n) is 3.04. The molecule has 0 bridgehead atoms. The number of carbonyl (C=O) groups is 2. The molecule has 2 unspecified atom stereocenters. The molecular formula is C17H29AsN2O8. The van der Waals surface area contributed by atoms with Crippen molar-refractivity contribution >= 4 is 36.6 Å². The number of amides is 1. The van der Waals surface area contributed by atoms with E-state index in [2.05, 4.69) is 19.2 Å². The maximum absolute atomic E-state index is 11.3. The summed E-state index contributed by atoms with van der Waals surface area (Å²) in [6.45, 7) is 9.02. The number of nitrogens with one attached hydrogen (secondary N) is 2. The quantitative estimate of drug-likeness (QED) is 0.179. The summed E-state index contributed by atoms with van der Waals surface area (Å²) >= 11 is -4.83. The Morgan fingerprint density at radius 2 is 2.04 bits per heavy atom. The predicted molar refractivity (Wildman–Crippen MR) is 103 cm³/mol. The van der Waals surface area contributed by atoms with E-state index in [0.29, 0.717) is 12.2 Å². The third kappa shape index (κ3) is 12.7. The van der Waals surface area contributed by atoms with Gasteiger partial charge in [-0.2, -0.15) is 0 Å². The number of β-amino-alcohol motifs (C(OH)–C–C–N with tert-alkyl or cyclic N) is 1. The van der Waals surface area contributed by atoms with Gasteiger partial charge in [-0.1, -0.05) is 0 Å². The van der Waals surface area contributed by atoms with E-state index in [-0.39, 0.29) is 22.0 Å². The van der Waals surface area contributed by atoms with Crippen LogP contribution in [0.25, 0.3) is 0 Å². The second-order valence-corrected chi connectivity index (χ2v) is 10.4. The summed E-state index contributed by atoms with van der Waals surface area (Å²) in [6.07, 6.45) is 0.866. The zero-order valence-electron chi connectivity index (χ0n) is 16.4. The number of aliphatic hydroxyl groups is 1. The molecule has 0 aromatic heterocycles. The molecule has 0 saturated carbocycles. The molecule has 1 amide bonds. The summed E-state index contributed by atoms with van der Waals surface area (Å²) in [5.41, 5.74) is 0.0506. The summed E-state index contributed by atoms with van der Waals surface area (Å²) < 4.78 is 28.5. The number of aliphatic hydroxyl groups excluding tert-OH is 1. The SMILES string of the molecule is CC(=O)Nc1cccc([As](=O)(O)OO)c1.CC(C)(C)OC=O.OC1CCNC1. The number of ether oxygens (including phenoxy) is 1. The van der Waals surface area contributed by atoms with E-state index in [4.69, 9.17) is 10.4 Å². The molecule has 10 nitrogen and oxygen atoms in total. The van der Waals surface area contributed by atoms with Gasteiger partial charge in [0, 0.05) is 6.54 Å². The minimum Gasteiger partial charge on any atom is -0.462 e. The third-order valence-corrected chi connectivity index (χ3v) is 5.46. The maximum Gasteiger partial charge on any atom is 0.293 e. The van der Waals surface area contributed by atoms with Crippen LogP contribution in [0.4, 0.5) is 5.69 Å². The number of anilines is 1. The van der Waals surface area contributed by atoms with Gasteiger partial charge in [0.25, 0.3) is 6.47 Å². The molecule has 5 N–H and O–H groups in total. The summed E-state index contributed by atoms with van der Waals surface area (Å²) in [6, 6.07) is 5.64. The summed E-state index contributed by atoms with van der Waals surface area (Å²) in [4.78, 5) is 20.3. The first-order valence-corrected chi connectivity index (χ1v) is 11.8. The summed E-state index contributed by atoms with van der Waals surface area (Å²) in [7, 11) is 0.